The lowest BCUT2D eigenvalue weighted by molar-refractivity contribution is 0.0235. The minimum absolute atomic E-state index is 0.549. The largest absolute Gasteiger partial charge is 0.297 e. The molecule has 0 radical (unpaired) electrons. The van der Waals surface area contributed by atoms with Gasteiger partial charge in [0.2, 0.25) is 0 Å². The van der Waals surface area contributed by atoms with Crippen LogP contribution in [0.1, 0.15) is 11.1 Å². The van der Waals surface area contributed by atoms with Crippen LogP contribution in [0.3, 0.4) is 0 Å². The predicted molar refractivity (Wildman–Crippen MR) is 81.6 cm³/mol. The molecule has 3 aromatic rings. The first-order valence-electron chi connectivity index (χ1n) is 6.89. The van der Waals surface area contributed by atoms with E-state index in [-0.39, 0.29) is 0 Å². The molecule has 0 saturated carbocycles. The monoisotopic (exact) mass is 279 g/mol. The van der Waals surface area contributed by atoms with Crippen LogP contribution in [0.5, 0.6) is 0 Å². The number of rotatable bonds is 6. The Morgan fingerprint density at radius 1 is 0.905 bits per heavy atom. The zero-order valence-corrected chi connectivity index (χ0v) is 11.6. The number of hydrogen-bond acceptors (Lipinski definition) is 3. The minimum Gasteiger partial charge on any atom is -0.297 e. The average molecular weight is 279 g/mol. The van der Waals surface area contributed by atoms with Gasteiger partial charge in [-0.3, -0.25) is 4.84 Å². The first kappa shape index (κ1) is 13.5. The van der Waals surface area contributed by atoms with Gasteiger partial charge in [-0.15, -0.1) is 0 Å². The summed E-state index contributed by atoms with van der Waals surface area (Å²) < 4.78 is 1.86. The molecule has 0 aliphatic carbocycles. The smallest absolute Gasteiger partial charge is 0.0933 e. The molecule has 4 heteroatoms. The lowest BCUT2D eigenvalue weighted by Crippen LogP contribution is -2.13. The third kappa shape index (κ3) is 3.78. The second-order valence-corrected chi connectivity index (χ2v) is 4.72. The lowest BCUT2D eigenvalue weighted by atomic mass is 10.2. The van der Waals surface area contributed by atoms with Crippen molar-refractivity contribution in [2.45, 2.75) is 13.2 Å². The number of para-hydroxylation sites is 1. The van der Waals surface area contributed by atoms with Crippen molar-refractivity contribution in [3.63, 3.8) is 0 Å². The van der Waals surface area contributed by atoms with Gasteiger partial charge in [-0.1, -0.05) is 48.5 Å². The fourth-order valence-corrected chi connectivity index (χ4v) is 2.02. The first-order chi connectivity index (χ1) is 10.4. The van der Waals surface area contributed by atoms with E-state index in [4.69, 9.17) is 4.84 Å². The first-order valence-corrected chi connectivity index (χ1v) is 6.89. The fraction of sp³-hybridized carbons (Fsp3) is 0.118. The predicted octanol–water partition coefficient (Wildman–Crippen LogP) is 3.09. The SMILES string of the molecule is c1ccc(CONCc2cnn(-c3ccccc3)c2)cc1. The van der Waals surface area contributed by atoms with E-state index in [0.29, 0.717) is 13.2 Å². The summed E-state index contributed by atoms with van der Waals surface area (Å²) in [7, 11) is 0. The van der Waals surface area contributed by atoms with Crippen LogP contribution in [0.25, 0.3) is 5.69 Å². The maximum Gasteiger partial charge on any atom is 0.0933 e. The van der Waals surface area contributed by atoms with Crippen LogP contribution < -0.4 is 5.48 Å². The molecule has 21 heavy (non-hydrogen) atoms. The quantitative estimate of drug-likeness (QED) is 0.556. The van der Waals surface area contributed by atoms with Crippen molar-refractivity contribution in [3.05, 3.63) is 84.2 Å². The fourth-order valence-electron chi connectivity index (χ4n) is 2.02. The molecule has 0 amide bonds. The van der Waals surface area contributed by atoms with Gasteiger partial charge in [0.15, 0.2) is 0 Å². The number of benzene rings is 2. The van der Waals surface area contributed by atoms with Crippen LogP contribution in [-0.4, -0.2) is 9.78 Å². The van der Waals surface area contributed by atoms with Crippen LogP contribution in [0, 0.1) is 0 Å². The van der Waals surface area contributed by atoms with Gasteiger partial charge in [0.25, 0.3) is 0 Å². The van der Waals surface area contributed by atoms with Crippen molar-refractivity contribution in [3.8, 4) is 5.69 Å². The molecule has 0 aliphatic rings. The molecule has 3 rings (SSSR count). The van der Waals surface area contributed by atoms with Crippen molar-refractivity contribution < 1.29 is 4.84 Å². The van der Waals surface area contributed by atoms with Gasteiger partial charge in [-0.25, -0.2) is 4.68 Å². The number of hydrogen-bond donors (Lipinski definition) is 1. The zero-order chi connectivity index (χ0) is 14.3. The molecule has 0 unspecified atom stereocenters. The highest BCUT2D eigenvalue weighted by Crippen LogP contribution is 2.07. The minimum atomic E-state index is 0.549. The van der Waals surface area contributed by atoms with Crippen LogP contribution in [0.15, 0.2) is 73.1 Å². The summed E-state index contributed by atoms with van der Waals surface area (Å²) >= 11 is 0. The Balaban J connectivity index is 1.49. The molecule has 0 bridgehead atoms. The Hall–Kier alpha value is -2.43. The van der Waals surface area contributed by atoms with Crippen LogP contribution in [0.4, 0.5) is 0 Å². The molecule has 106 valence electrons. The highest BCUT2D eigenvalue weighted by Gasteiger charge is 2.00. The molecule has 0 atom stereocenters. The highest BCUT2D eigenvalue weighted by atomic mass is 16.6. The summed E-state index contributed by atoms with van der Waals surface area (Å²) in [6.07, 6.45) is 3.83. The second-order valence-electron chi connectivity index (χ2n) is 4.72. The highest BCUT2D eigenvalue weighted by molar-refractivity contribution is 5.30. The topological polar surface area (TPSA) is 39.1 Å². The molecule has 1 N–H and O–H groups in total. The number of hydroxylamine groups is 1. The number of aromatic nitrogens is 2. The van der Waals surface area contributed by atoms with Gasteiger partial charge in [0.05, 0.1) is 18.5 Å². The summed E-state index contributed by atoms with van der Waals surface area (Å²) in [6, 6.07) is 20.1. The van der Waals surface area contributed by atoms with Gasteiger partial charge >= 0.3 is 0 Å². The summed E-state index contributed by atoms with van der Waals surface area (Å²) in [4.78, 5) is 5.45. The molecule has 1 heterocycles. The van der Waals surface area contributed by atoms with Crippen LogP contribution in [0.2, 0.25) is 0 Å². The Morgan fingerprint density at radius 2 is 1.62 bits per heavy atom. The van der Waals surface area contributed by atoms with Gasteiger partial charge < -0.3 is 0 Å². The van der Waals surface area contributed by atoms with E-state index in [1.165, 1.54) is 0 Å². The van der Waals surface area contributed by atoms with Gasteiger partial charge in [-0.05, 0) is 17.7 Å². The summed E-state index contributed by atoms with van der Waals surface area (Å²) in [5, 5.41) is 4.34. The van der Waals surface area contributed by atoms with Crippen LogP contribution in [-0.2, 0) is 18.0 Å². The zero-order valence-electron chi connectivity index (χ0n) is 11.6. The van der Waals surface area contributed by atoms with E-state index in [9.17, 15) is 0 Å². The van der Waals surface area contributed by atoms with E-state index in [0.717, 1.165) is 16.8 Å². The number of nitrogens with zero attached hydrogens (tertiary/aromatic N) is 2. The summed E-state index contributed by atoms with van der Waals surface area (Å²) in [5.41, 5.74) is 6.23. The van der Waals surface area contributed by atoms with E-state index in [2.05, 4.69) is 10.6 Å². The van der Waals surface area contributed by atoms with Crippen molar-refractivity contribution in [2.24, 2.45) is 0 Å². The van der Waals surface area contributed by atoms with Gasteiger partial charge in [-0.2, -0.15) is 10.6 Å². The molecule has 0 spiro atoms. The van der Waals surface area contributed by atoms with E-state index < -0.39 is 0 Å². The Morgan fingerprint density at radius 3 is 2.38 bits per heavy atom. The Labute approximate surface area is 124 Å². The second kappa shape index (κ2) is 6.83. The summed E-state index contributed by atoms with van der Waals surface area (Å²) in [5.74, 6) is 0. The van der Waals surface area contributed by atoms with Crippen molar-refractivity contribution in [2.75, 3.05) is 0 Å². The summed E-state index contributed by atoms with van der Waals surface area (Å²) in [6.45, 7) is 1.17. The average Bonchev–Trinajstić information content (AvgIpc) is 3.02. The van der Waals surface area contributed by atoms with Crippen LogP contribution >= 0.6 is 0 Å². The standard InChI is InChI=1S/C17H17N3O/c1-3-7-15(8-4-1)14-21-19-12-16-11-18-20(13-16)17-9-5-2-6-10-17/h1-11,13,19H,12,14H2. The molecular formula is C17H17N3O. The molecule has 0 fully saturated rings. The molecule has 1 aromatic heterocycles. The van der Waals surface area contributed by atoms with E-state index in [1.807, 2.05) is 77.7 Å². The van der Waals surface area contributed by atoms with E-state index in [1.54, 1.807) is 0 Å². The van der Waals surface area contributed by atoms with Crippen molar-refractivity contribution >= 4 is 0 Å². The van der Waals surface area contributed by atoms with E-state index >= 15 is 0 Å². The molecule has 0 saturated heterocycles. The molecule has 2 aromatic carbocycles. The lowest BCUT2D eigenvalue weighted by Gasteiger charge is -2.04. The molecule has 4 nitrogen and oxygen atoms in total. The third-order valence-corrected chi connectivity index (χ3v) is 3.12. The maximum atomic E-state index is 5.45. The number of nitrogens with one attached hydrogen (secondary N) is 1. The maximum absolute atomic E-state index is 5.45. The van der Waals surface area contributed by atoms with Crippen molar-refractivity contribution in [1.82, 2.24) is 15.3 Å². The van der Waals surface area contributed by atoms with Crippen molar-refractivity contribution in [1.29, 1.82) is 0 Å². The Bertz CT molecular complexity index is 665. The normalized spacial score (nSPS) is 10.7. The van der Waals surface area contributed by atoms with Gasteiger partial charge in [0, 0.05) is 18.3 Å². The third-order valence-electron chi connectivity index (χ3n) is 3.12. The van der Waals surface area contributed by atoms with Gasteiger partial charge in [0.1, 0.15) is 0 Å². The molecular weight excluding hydrogens is 262 g/mol. The Kier molecular flexibility index (Phi) is 4.41. The molecule has 0 aliphatic heterocycles.